The Bertz CT molecular complexity index is 626. The summed E-state index contributed by atoms with van der Waals surface area (Å²) in [4.78, 5) is 11.7. The molecule has 19 heavy (non-hydrogen) atoms. The van der Waals surface area contributed by atoms with Crippen molar-refractivity contribution >= 4 is 0 Å². The van der Waals surface area contributed by atoms with Gasteiger partial charge in [0.15, 0.2) is 0 Å². The number of pyridine rings is 1. The first-order valence-corrected chi connectivity index (χ1v) is 5.81. The van der Waals surface area contributed by atoms with E-state index < -0.39 is 17.3 Å². The minimum atomic E-state index is -4.50. The first kappa shape index (κ1) is 13.4. The van der Waals surface area contributed by atoms with Crippen LogP contribution in [0.5, 0.6) is 0 Å². The van der Waals surface area contributed by atoms with Crippen LogP contribution in [-0.4, -0.2) is 4.57 Å². The van der Waals surface area contributed by atoms with Crippen LogP contribution in [0.2, 0.25) is 0 Å². The van der Waals surface area contributed by atoms with Gasteiger partial charge >= 0.3 is 6.18 Å². The number of aromatic nitrogens is 1. The van der Waals surface area contributed by atoms with Crippen LogP contribution < -0.4 is 5.56 Å². The van der Waals surface area contributed by atoms with Gasteiger partial charge in [0.25, 0.3) is 5.56 Å². The molecule has 0 bridgehead atoms. The van der Waals surface area contributed by atoms with Gasteiger partial charge in [0.2, 0.25) is 0 Å². The number of aryl methyl sites for hydroxylation is 1. The van der Waals surface area contributed by atoms with E-state index in [-0.39, 0.29) is 0 Å². The molecule has 0 atom stereocenters. The van der Waals surface area contributed by atoms with Crippen LogP contribution in [0.25, 0.3) is 5.69 Å². The maximum atomic E-state index is 12.5. The summed E-state index contributed by atoms with van der Waals surface area (Å²) in [6.07, 6.45) is -2.49. The van der Waals surface area contributed by atoms with Crippen LogP contribution in [0.3, 0.4) is 0 Å². The molecule has 5 heteroatoms. The van der Waals surface area contributed by atoms with E-state index in [9.17, 15) is 18.0 Å². The van der Waals surface area contributed by atoms with Crippen molar-refractivity contribution in [1.29, 1.82) is 0 Å². The number of nitrogens with zero attached hydrogens (tertiary/aromatic N) is 1. The molecule has 0 spiro atoms. The van der Waals surface area contributed by atoms with Crippen LogP contribution in [0.15, 0.2) is 47.4 Å². The number of alkyl halides is 3. The molecule has 1 heterocycles. The van der Waals surface area contributed by atoms with Gasteiger partial charge in [0.05, 0.1) is 5.56 Å². The fourth-order valence-electron chi connectivity index (χ4n) is 1.76. The largest absolute Gasteiger partial charge is 0.416 e. The third-order valence-electron chi connectivity index (χ3n) is 2.87. The van der Waals surface area contributed by atoms with Crippen LogP contribution in [0.4, 0.5) is 13.2 Å². The zero-order valence-corrected chi connectivity index (χ0v) is 10.2. The van der Waals surface area contributed by atoms with Crippen molar-refractivity contribution in [3.8, 4) is 5.69 Å². The summed E-state index contributed by atoms with van der Waals surface area (Å²) in [6.45, 7) is 2.00. The number of hydrogen-bond acceptors (Lipinski definition) is 1. The Morgan fingerprint density at radius 1 is 1.11 bits per heavy atom. The summed E-state index contributed by atoms with van der Waals surface area (Å²) < 4.78 is 38.5. The molecule has 2 rings (SSSR count). The Morgan fingerprint density at radius 3 is 2.21 bits per heavy atom. The Balaban J connectivity index is 2.43. The maximum absolute atomic E-state index is 12.5. The first-order valence-electron chi connectivity index (χ1n) is 5.81. The summed E-state index contributed by atoms with van der Waals surface area (Å²) in [5.74, 6) is 0. The molecule has 0 aliphatic carbocycles. The lowest BCUT2D eigenvalue weighted by molar-refractivity contribution is -0.137. The Hall–Kier alpha value is -2.04. The van der Waals surface area contributed by atoms with Crippen LogP contribution >= 0.6 is 0 Å². The van der Waals surface area contributed by atoms with Crippen LogP contribution in [0.1, 0.15) is 18.1 Å². The Morgan fingerprint density at radius 2 is 1.74 bits per heavy atom. The third kappa shape index (κ3) is 2.86. The second-order valence-corrected chi connectivity index (χ2v) is 4.14. The molecule has 0 radical (unpaired) electrons. The molecule has 0 fully saturated rings. The molecular weight excluding hydrogens is 255 g/mol. The predicted octanol–water partition coefficient (Wildman–Crippen LogP) is 3.42. The van der Waals surface area contributed by atoms with Gasteiger partial charge in [-0.15, -0.1) is 0 Å². The SMILES string of the molecule is CCc1ccc(-n2ccc(C(F)(F)F)cc2=O)cc1. The average Bonchev–Trinajstić information content (AvgIpc) is 2.38. The van der Waals surface area contributed by atoms with Gasteiger partial charge in [-0.2, -0.15) is 13.2 Å². The van der Waals surface area contributed by atoms with E-state index >= 15 is 0 Å². The van der Waals surface area contributed by atoms with Crippen molar-refractivity contribution in [1.82, 2.24) is 4.57 Å². The molecule has 0 amide bonds. The normalized spacial score (nSPS) is 11.6. The standard InChI is InChI=1S/C14H12F3NO/c1-2-10-3-5-12(6-4-10)18-8-7-11(9-13(18)19)14(15,16)17/h3-9H,2H2,1H3. The second-order valence-electron chi connectivity index (χ2n) is 4.14. The highest BCUT2D eigenvalue weighted by Crippen LogP contribution is 2.27. The average molecular weight is 267 g/mol. The van der Waals surface area contributed by atoms with E-state index in [0.29, 0.717) is 11.8 Å². The maximum Gasteiger partial charge on any atom is 0.416 e. The molecule has 1 aromatic heterocycles. The molecule has 100 valence electrons. The Labute approximate surface area is 108 Å². The highest BCUT2D eigenvalue weighted by molar-refractivity contribution is 5.35. The zero-order chi connectivity index (χ0) is 14.0. The minimum Gasteiger partial charge on any atom is -0.284 e. The smallest absolute Gasteiger partial charge is 0.284 e. The molecule has 0 saturated carbocycles. The summed E-state index contributed by atoms with van der Waals surface area (Å²) >= 11 is 0. The fraction of sp³-hybridized carbons (Fsp3) is 0.214. The quantitative estimate of drug-likeness (QED) is 0.817. The number of halogens is 3. The molecule has 1 aromatic carbocycles. The summed E-state index contributed by atoms with van der Waals surface area (Å²) in [7, 11) is 0. The highest BCUT2D eigenvalue weighted by atomic mass is 19.4. The lowest BCUT2D eigenvalue weighted by Gasteiger charge is -2.09. The van der Waals surface area contributed by atoms with Crippen molar-refractivity contribution in [3.63, 3.8) is 0 Å². The molecule has 0 aliphatic heterocycles. The Kier molecular flexibility index (Phi) is 3.46. The highest BCUT2D eigenvalue weighted by Gasteiger charge is 2.30. The van der Waals surface area contributed by atoms with Gasteiger partial charge < -0.3 is 0 Å². The summed E-state index contributed by atoms with van der Waals surface area (Å²) in [5.41, 5.74) is 0.0256. The second kappa shape index (κ2) is 4.91. The van der Waals surface area contributed by atoms with Crippen molar-refractivity contribution in [2.45, 2.75) is 19.5 Å². The van der Waals surface area contributed by atoms with Crippen molar-refractivity contribution < 1.29 is 13.2 Å². The van der Waals surface area contributed by atoms with Gasteiger partial charge in [0, 0.05) is 18.0 Å². The number of hydrogen-bond donors (Lipinski definition) is 0. The lowest BCUT2D eigenvalue weighted by atomic mass is 10.1. The van der Waals surface area contributed by atoms with Gasteiger partial charge in [-0.3, -0.25) is 9.36 Å². The number of rotatable bonds is 2. The summed E-state index contributed by atoms with van der Waals surface area (Å²) in [6, 6.07) is 8.63. The molecule has 0 aliphatic rings. The lowest BCUT2D eigenvalue weighted by Crippen LogP contribution is -2.20. The predicted molar refractivity (Wildman–Crippen MR) is 66.4 cm³/mol. The minimum absolute atomic E-state index is 0.552. The summed E-state index contributed by atoms with van der Waals surface area (Å²) in [5, 5.41) is 0. The monoisotopic (exact) mass is 267 g/mol. The van der Waals surface area contributed by atoms with Crippen molar-refractivity contribution in [3.05, 3.63) is 64.1 Å². The topological polar surface area (TPSA) is 22.0 Å². The third-order valence-corrected chi connectivity index (χ3v) is 2.87. The van der Waals surface area contributed by atoms with Crippen LogP contribution in [0, 0.1) is 0 Å². The molecule has 0 saturated heterocycles. The van der Waals surface area contributed by atoms with Gasteiger partial charge in [-0.05, 0) is 30.2 Å². The van der Waals surface area contributed by atoms with Crippen molar-refractivity contribution in [2.75, 3.05) is 0 Å². The number of benzene rings is 1. The fourth-order valence-corrected chi connectivity index (χ4v) is 1.76. The first-order chi connectivity index (χ1) is 8.91. The molecule has 2 nitrogen and oxygen atoms in total. The van der Waals surface area contributed by atoms with Gasteiger partial charge in [-0.1, -0.05) is 19.1 Å². The van der Waals surface area contributed by atoms with E-state index in [1.54, 1.807) is 12.1 Å². The molecule has 0 unspecified atom stereocenters. The zero-order valence-electron chi connectivity index (χ0n) is 10.2. The van der Waals surface area contributed by atoms with Crippen molar-refractivity contribution in [2.24, 2.45) is 0 Å². The molecular formula is C14H12F3NO. The van der Waals surface area contributed by atoms with Crippen LogP contribution in [-0.2, 0) is 12.6 Å². The van der Waals surface area contributed by atoms with E-state index in [0.717, 1.165) is 24.2 Å². The molecule has 0 N–H and O–H groups in total. The van der Waals surface area contributed by atoms with E-state index in [4.69, 9.17) is 0 Å². The van der Waals surface area contributed by atoms with Gasteiger partial charge in [-0.25, -0.2) is 0 Å². The van der Waals surface area contributed by atoms with Gasteiger partial charge in [0.1, 0.15) is 0 Å². The van der Waals surface area contributed by atoms with E-state index in [1.165, 1.54) is 4.57 Å². The molecule has 2 aromatic rings. The van der Waals surface area contributed by atoms with E-state index in [1.807, 2.05) is 19.1 Å². The van der Waals surface area contributed by atoms with E-state index in [2.05, 4.69) is 0 Å².